The first-order valence-corrected chi connectivity index (χ1v) is 11.3. The summed E-state index contributed by atoms with van der Waals surface area (Å²) in [5.74, 6) is 0. The van der Waals surface area contributed by atoms with Gasteiger partial charge in [-0.25, -0.2) is 0 Å². The molecule has 0 radical (unpaired) electrons. The third-order valence-corrected chi connectivity index (χ3v) is 6.21. The Morgan fingerprint density at radius 2 is 0.974 bits per heavy atom. The van der Waals surface area contributed by atoms with Crippen molar-refractivity contribution in [1.82, 2.24) is 0 Å². The summed E-state index contributed by atoms with van der Waals surface area (Å²) in [7, 11) is 4.27. The lowest BCUT2D eigenvalue weighted by Gasteiger charge is -2.32. The van der Waals surface area contributed by atoms with Crippen LogP contribution in [0.2, 0.25) is 0 Å². The average Bonchev–Trinajstić information content (AvgIpc) is 2.90. The van der Waals surface area contributed by atoms with E-state index < -0.39 is 10.2 Å². The highest BCUT2D eigenvalue weighted by molar-refractivity contribution is 6.14. The Morgan fingerprint density at radius 3 is 1.34 bits per heavy atom. The monoisotopic (exact) mass is 508 g/mol. The van der Waals surface area contributed by atoms with Crippen molar-refractivity contribution in [3.63, 3.8) is 0 Å². The fraction of sp³-hybridized carbons (Fsp3) is 0.0714. The predicted molar refractivity (Wildman–Crippen MR) is 145 cm³/mol. The molecule has 0 atom stereocenters. The summed E-state index contributed by atoms with van der Waals surface area (Å²) in [6.07, 6.45) is 19.6. The summed E-state index contributed by atoms with van der Waals surface area (Å²) in [5.41, 5.74) is 11.9. The number of benzene rings is 2. The van der Waals surface area contributed by atoms with Crippen LogP contribution in [0, 0.1) is 42.8 Å². The van der Waals surface area contributed by atoms with Gasteiger partial charge in [0.15, 0.2) is 11.1 Å². The van der Waals surface area contributed by atoms with Crippen molar-refractivity contribution in [2.45, 2.75) is 0 Å². The van der Waals surface area contributed by atoms with Crippen LogP contribution in [0.25, 0.3) is 11.1 Å². The fourth-order valence-corrected chi connectivity index (χ4v) is 4.82. The molecule has 0 fully saturated rings. The lowest BCUT2D eigenvalue weighted by molar-refractivity contribution is -0.403. The molecule has 0 saturated heterocycles. The third-order valence-electron chi connectivity index (χ3n) is 6.21. The van der Waals surface area contributed by atoms with Gasteiger partial charge in [-0.3, -0.25) is 0 Å². The smallest absolute Gasteiger partial charge is 0.190 e. The van der Waals surface area contributed by atoms with Crippen molar-refractivity contribution < 1.29 is 10.2 Å². The minimum absolute atomic E-state index is 1.14. The molecular formula is C28H20N4O6. The van der Waals surface area contributed by atoms with Crippen LogP contribution >= 0.6 is 0 Å². The highest BCUT2D eigenvalue weighted by Gasteiger charge is 2.44. The number of nitrogens with zero attached hydrogens (tertiary/aromatic N) is 4. The zero-order valence-electron chi connectivity index (χ0n) is 20.3. The first-order chi connectivity index (χ1) is 18.2. The maximum atomic E-state index is 8.25. The largest absolute Gasteiger partial charge is 0.356 e. The van der Waals surface area contributed by atoms with Crippen LogP contribution in [-0.2, 0) is 0 Å². The number of hydrogen-bond acceptors (Lipinski definition) is 8. The normalized spacial score (nSPS) is 17.4. The Labute approximate surface area is 218 Å². The van der Waals surface area contributed by atoms with E-state index in [2.05, 4.69) is 109 Å². The molecule has 38 heavy (non-hydrogen) atoms. The lowest BCUT2D eigenvalue weighted by atomic mass is 9.77. The summed E-state index contributed by atoms with van der Waals surface area (Å²) in [6, 6.07) is 17.3. The number of fused-ring (bicyclic) bond motifs is 4. The van der Waals surface area contributed by atoms with Crippen LogP contribution in [0.5, 0.6) is 0 Å². The molecule has 2 aliphatic heterocycles. The Bertz CT molecular complexity index is 1410. The van der Waals surface area contributed by atoms with Gasteiger partial charge < -0.3 is 40.4 Å². The molecule has 2 aromatic rings. The van der Waals surface area contributed by atoms with E-state index in [1.165, 1.54) is 45.0 Å². The van der Waals surface area contributed by atoms with Crippen LogP contribution < -0.4 is 9.80 Å². The van der Waals surface area contributed by atoms with Crippen molar-refractivity contribution >= 4 is 22.5 Å². The average molecular weight is 508 g/mol. The number of anilines is 2. The van der Waals surface area contributed by atoms with Crippen molar-refractivity contribution in [3.8, 4) is 0 Å². The van der Waals surface area contributed by atoms with Crippen LogP contribution in [0.15, 0.2) is 108 Å². The molecular weight excluding hydrogens is 488 g/mol. The van der Waals surface area contributed by atoms with E-state index in [9.17, 15) is 0 Å². The summed E-state index contributed by atoms with van der Waals surface area (Å²) in [4.78, 5) is 21.0. The maximum absolute atomic E-state index is 8.25. The molecule has 4 aliphatic rings. The highest BCUT2D eigenvalue weighted by Crippen LogP contribution is 2.52. The Balaban J connectivity index is 0.000000373. The number of allylic oxidation sites excluding steroid dienone is 10. The number of rotatable bonds is 0. The Kier molecular flexibility index (Phi) is 7.12. The Morgan fingerprint density at radius 1 is 0.632 bits per heavy atom. The second kappa shape index (κ2) is 10.6. The van der Waals surface area contributed by atoms with Gasteiger partial charge >= 0.3 is 0 Å². The first-order valence-electron chi connectivity index (χ1n) is 11.3. The number of likely N-dealkylation sites (N-methyl/N-ethyl adjacent to an activating group) is 2. The molecule has 0 saturated carbocycles. The fourth-order valence-electron chi connectivity index (χ4n) is 4.82. The molecule has 0 N–H and O–H groups in total. The summed E-state index contributed by atoms with van der Waals surface area (Å²) in [5, 5.41) is 29.5. The molecule has 0 spiro atoms. The molecule has 2 aliphatic carbocycles. The molecule has 0 aromatic heterocycles. The molecule has 0 bridgehead atoms. The second-order valence-electron chi connectivity index (χ2n) is 8.21. The van der Waals surface area contributed by atoms with Gasteiger partial charge in [0, 0.05) is 50.6 Å². The zero-order chi connectivity index (χ0) is 27.4. The first kappa shape index (κ1) is 25.5. The number of hydrogen-bond donors (Lipinski definition) is 0. The third kappa shape index (κ3) is 4.76. The topological polar surface area (TPSA) is 139 Å². The van der Waals surface area contributed by atoms with Gasteiger partial charge in [-0.15, -0.1) is 0 Å². The van der Waals surface area contributed by atoms with Crippen LogP contribution in [0.1, 0.15) is 11.1 Å². The van der Waals surface area contributed by atoms with Gasteiger partial charge in [0.25, 0.3) is 0 Å². The van der Waals surface area contributed by atoms with E-state index in [4.69, 9.17) is 30.6 Å². The van der Waals surface area contributed by atoms with Gasteiger partial charge in [0.1, 0.15) is 22.5 Å². The van der Waals surface area contributed by atoms with Crippen molar-refractivity contribution in [2.75, 3.05) is 23.9 Å². The van der Waals surface area contributed by atoms with Gasteiger partial charge in [0.2, 0.25) is 0 Å². The van der Waals surface area contributed by atoms with Gasteiger partial charge in [-0.1, -0.05) is 24.3 Å². The molecule has 10 heteroatoms. The SMILES string of the molecule is CN1C2=CC=C[C+]=C2C(=C2C3=[C+]C=CC=C3N(C)c3ccccc32)c2ccccc21.O=[N+]([O-])[O-].O=[N+]([O-])[O-]. The van der Waals surface area contributed by atoms with Crippen molar-refractivity contribution in [2.24, 2.45) is 0 Å². The molecule has 188 valence electrons. The number of para-hydroxylation sites is 2. The summed E-state index contributed by atoms with van der Waals surface area (Å²) in [6.45, 7) is 0. The van der Waals surface area contributed by atoms with Gasteiger partial charge in [-0.2, -0.15) is 0 Å². The van der Waals surface area contributed by atoms with E-state index in [0.717, 1.165) is 11.1 Å². The van der Waals surface area contributed by atoms with E-state index in [0.29, 0.717) is 0 Å². The standard InChI is InChI=1S/C28H20N2.2NO3/c1-29-23-15-7-3-11-19(23)27(20-12-4-8-16-24(20)29)28-21-13-5-9-17-25(21)30(2)26-18-10-6-14-22(26)28;2*2-1(3)4/h3-11,13,15-18H,1-2H3;;/q+2;2*-1. The second-order valence-corrected chi connectivity index (χ2v) is 8.21. The minimum Gasteiger partial charge on any atom is -0.356 e. The van der Waals surface area contributed by atoms with Crippen LogP contribution in [-0.4, -0.2) is 24.3 Å². The van der Waals surface area contributed by atoms with Gasteiger partial charge in [-0.05, 0) is 24.3 Å². The van der Waals surface area contributed by atoms with E-state index in [1.54, 1.807) is 0 Å². The van der Waals surface area contributed by atoms with E-state index in [1.807, 2.05) is 12.2 Å². The summed E-state index contributed by atoms with van der Waals surface area (Å²) < 4.78 is 0. The van der Waals surface area contributed by atoms with Crippen LogP contribution in [0.3, 0.4) is 0 Å². The molecule has 10 nitrogen and oxygen atoms in total. The quantitative estimate of drug-likeness (QED) is 0.262. The van der Waals surface area contributed by atoms with E-state index in [-0.39, 0.29) is 0 Å². The van der Waals surface area contributed by atoms with Crippen molar-refractivity contribution in [3.05, 3.63) is 161 Å². The maximum Gasteiger partial charge on any atom is 0.190 e. The molecule has 6 rings (SSSR count). The zero-order valence-corrected chi connectivity index (χ0v) is 20.3. The van der Waals surface area contributed by atoms with Gasteiger partial charge in [0.05, 0.1) is 44.8 Å². The molecule has 2 aromatic carbocycles. The molecule has 0 unspecified atom stereocenters. The predicted octanol–water partition coefficient (Wildman–Crippen LogP) is 5.39. The molecule has 0 amide bonds. The van der Waals surface area contributed by atoms with Crippen molar-refractivity contribution in [1.29, 1.82) is 0 Å². The van der Waals surface area contributed by atoms with Crippen LogP contribution in [0.4, 0.5) is 11.4 Å². The minimum atomic E-state index is -1.75. The Hall–Kier alpha value is -5.56. The summed E-state index contributed by atoms with van der Waals surface area (Å²) >= 11 is 0. The highest BCUT2D eigenvalue weighted by atomic mass is 16.9. The van der Waals surface area contributed by atoms with E-state index >= 15 is 0 Å². The lowest BCUT2D eigenvalue weighted by Crippen LogP contribution is -2.28. The molecule has 2 heterocycles.